The predicted octanol–water partition coefficient (Wildman–Crippen LogP) is 7.20. The van der Waals surface area contributed by atoms with E-state index in [0.717, 1.165) is 43.1 Å². The van der Waals surface area contributed by atoms with Gasteiger partial charge in [-0.2, -0.15) is 0 Å². The Kier molecular flexibility index (Phi) is 12.0. The SMILES string of the molecule is Cc1ccc(Cl)cc1N(CCCC(=O)N(Cc1c(Cl)cccc1Cl)C(Cc1ccccc1)C(=O)NC1CCCC1)S(C)(=O)=O. The number of amides is 2. The molecule has 1 N–H and O–H groups in total. The van der Waals surface area contributed by atoms with Crippen LogP contribution in [-0.4, -0.2) is 50.0 Å². The van der Waals surface area contributed by atoms with Gasteiger partial charge in [0.1, 0.15) is 6.04 Å². The minimum Gasteiger partial charge on any atom is -0.352 e. The Morgan fingerprint density at radius 2 is 1.61 bits per heavy atom. The number of sulfonamides is 1. The number of hydrogen-bond acceptors (Lipinski definition) is 4. The monoisotopic (exact) mass is 677 g/mol. The van der Waals surface area contributed by atoms with Crippen LogP contribution < -0.4 is 9.62 Å². The van der Waals surface area contributed by atoms with Gasteiger partial charge >= 0.3 is 0 Å². The zero-order valence-electron chi connectivity index (χ0n) is 24.9. The molecule has 3 aromatic carbocycles. The molecule has 236 valence electrons. The molecule has 3 aromatic rings. The van der Waals surface area contributed by atoms with Gasteiger partial charge < -0.3 is 10.2 Å². The molecule has 7 nitrogen and oxygen atoms in total. The van der Waals surface area contributed by atoms with Crippen molar-refractivity contribution in [1.29, 1.82) is 0 Å². The van der Waals surface area contributed by atoms with Crippen molar-refractivity contribution < 1.29 is 18.0 Å². The van der Waals surface area contributed by atoms with E-state index in [-0.39, 0.29) is 43.8 Å². The molecule has 1 aliphatic carbocycles. The lowest BCUT2D eigenvalue weighted by Gasteiger charge is -2.33. The van der Waals surface area contributed by atoms with Crippen LogP contribution in [-0.2, 0) is 32.6 Å². The summed E-state index contributed by atoms with van der Waals surface area (Å²) in [7, 11) is -3.67. The summed E-state index contributed by atoms with van der Waals surface area (Å²) in [6.45, 7) is 1.89. The van der Waals surface area contributed by atoms with Crippen molar-refractivity contribution in [3.8, 4) is 0 Å². The number of carbonyl (C=O) groups excluding carboxylic acids is 2. The average molecular weight is 679 g/mol. The lowest BCUT2D eigenvalue weighted by molar-refractivity contribution is -0.141. The number of anilines is 1. The van der Waals surface area contributed by atoms with Gasteiger partial charge in [-0.25, -0.2) is 8.42 Å². The Labute approximate surface area is 275 Å². The van der Waals surface area contributed by atoms with E-state index in [1.807, 2.05) is 30.3 Å². The largest absolute Gasteiger partial charge is 0.352 e. The van der Waals surface area contributed by atoms with Crippen LogP contribution in [0.3, 0.4) is 0 Å². The lowest BCUT2D eigenvalue weighted by atomic mass is 10.0. The van der Waals surface area contributed by atoms with Crippen LogP contribution in [0.5, 0.6) is 0 Å². The van der Waals surface area contributed by atoms with Crippen molar-refractivity contribution in [1.82, 2.24) is 10.2 Å². The van der Waals surface area contributed by atoms with Gasteiger partial charge in [0.15, 0.2) is 0 Å². The number of rotatable bonds is 13. The second-order valence-corrected chi connectivity index (χ2v) is 14.4. The van der Waals surface area contributed by atoms with Gasteiger partial charge in [-0.15, -0.1) is 0 Å². The normalized spacial score (nSPS) is 14.3. The maximum atomic E-state index is 14.1. The minimum absolute atomic E-state index is 0.00426. The van der Waals surface area contributed by atoms with Crippen LogP contribution in [0.4, 0.5) is 5.69 Å². The molecular weight excluding hydrogens is 641 g/mol. The highest BCUT2D eigenvalue weighted by Gasteiger charge is 2.33. The van der Waals surface area contributed by atoms with Crippen molar-refractivity contribution in [3.63, 3.8) is 0 Å². The fraction of sp³-hybridized carbons (Fsp3) is 0.394. The lowest BCUT2D eigenvalue weighted by Crippen LogP contribution is -2.52. The van der Waals surface area contributed by atoms with E-state index in [2.05, 4.69) is 5.32 Å². The van der Waals surface area contributed by atoms with E-state index in [4.69, 9.17) is 34.8 Å². The molecule has 0 saturated heterocycles. The molecule has 1 saturated carbocycles. The highest BCUT2D eigenvalue weighted by molar-refractivity contribution is 7.92. The molecular formula is C33H38Cl3N3O4S. The Bertz CT molecular complexity index is 1540. The second kappa shape index (κ2) is 15.5. The summed E-state index contributed by atoms with van der Waals surface area (Å²) in [5.74, 6) is -0.538. The van der Waals surface area contributed by atoms with Gasteiger partial charge in [0.2, 0.25) is 21.8 Å². The Hall–Kier alpha value is -2.78. The van der Waals surface area contributed by atoms with Crippen LogP contribution in [0.1, 0.15) is 55.2 Å². The van der Waals surface area contributed by atoms with Crippen molar-refractivity contribution >= 4 is 62.3 Å². The number of nitrogens with zero attached hydrogens (tertiary/aromatic N) is 2. The number of aryl methyl sites for hydroxylation is 1. The average Bonchev–Trinajstić information content (AvgIpc) is 3.48. The first-order chi connectivity index (χ1) is 20.9. The number of benzene rings is 3. The summed E-state index contributed by atoms with van der Waals surface area (Å²) in [6, 6.07) is 19.0. The van der Waals surface area contributed by atoms with Crippen LogP contribution in [0, 0.1) is 6.92 Å². The number of halogens is 3. The number of nitrogens with one attached hydrogen (secondary N) is 1. The summed E-state index contributed by atoms with van der Waals surface area (Å²) in [6.07, 6.45) is 5.54. The standard InChI is InChI=1S/C33H38Cl3N3O4S/c1-23-17-18-25(34)21-30(23)39(44(2,42)43)19-9-16-32(40)38(22-27-28(35)14-8-15-29(27)36)31(20-24-10-4-3-5-11-24)33(41)37-26-12-6-7-13-26/h3-5,8,10-11,14-15,17-18,21,26,31H,6-7,9,12-13,16,19-20,22H2,1-2H3,(H,37,41). The van der Waals surface area contributed by atoms with Gasteiger partial charge in [0, 0.05) is 52.6 Å². The van der Waals surface area contributed by atoms with Gasteiger partial charge in [-0.05, 0) is 61.6 Å². The molecule has 0 aromatic heterocycles. The third kappa shape index (κ3) is 9.13. The van der Waals surface area contributed by atoms with Crippen LogP contribution in [0.25, 0.3) is 0 Å². The highest BCUT2D eigenvalue weighted by Crippen LogP contribution is 2.29. The van der Waals surface area contributed by atoms with E-state index in [1.165, 1.54) is 4.31 Å². The Morgan fingerprint density at radius 1 is 0.955 bits per heavy atom. The molecule has 1 atom stereocenters. The van der Waals surface area contributed by atoms with Crippen molar-refractivity contribution in [2.24, 2.45) is 0 Å². The van der Waals surface area contributed by atoms with E-state index in [9.17, 15) is 18.0 Å². The first-order valence-electron chi connectivity index (χ1n) is 14.7. The summed E-state index contributed by atoms with van der Waals surface area (Å²) in [5, 5.41) is 4.38. The van der Waals surface area contributed by atoms with E-state index < -0.39 is 16.1 Å². The van der Waals surface area contributed by atoms with E-state index in [0.29, 0.717) is 32.7 Å². The molecule has 1 aliphatic rings. The zero-order chi connectivity index (χ0) is 31.9. The number of carbonyl (C=O) groups is 2. The first kappa shape index (κ1) is 34.1. The molecule has 1 unspecified atom stereocenters. The zero-order valence-corrected chi connectivity index (χ0v) is 28.0. The molecule has 11 heteroatoms. The Balaban J connectivity index is 1.63. The molecule has 44 heavy (non-hydrogen) atoms. The fourth-order valence-corrected chi connectivity index (χ4v) is 7.31. The molecule has 0 aliphatic heterocycles. The molecule has 0 radical (unpaired) electrons. The van der Waals surface area contributed by atoms with E-state index >= 15 is 0 Å². The number of hydrogen-bond donors (Lipinski definition) is 1. The highest BCUT2D eigenvalue weighted by atomic mass is 35.5. The molecule has 0 bridgehead atoms. The predicted molar refractivity (Wildman–Crippen MR) is 179 cm³/mol. The summed E-state index contributed by atoms with van der Waals surface area (Å²) >= 11 is 19.3. The molecule has 0 spiro atoms. The van der Waals surface area contributed by atoms with Crippen LogP contribution >= 0.6 is 34.8 Å². The fourth-order valence-electron chi connectivity index (χ4n) is 5.61. The van der Waals surface area contributed by atoms with Crippen molar-refractivity contribution in [2.75, 3.05) is 17.1 Å². The van der Waals surface area contributed by atoms with Gasteiger partial charge in [0.05, 0.1) is 11.9 Å². The summed E-state index contributed by atoms with van der Waals surface area (Å²) in [5.41, 5.74) is 2.66. The van der Waals surface area contributed by atoms with Gasteiger partial charge in [-0.3, -0.25) is 13.9 Å². The van der Waals surface area contributed by atoms with Gasteiger partial charge in [0.25, 0.3) is 0 Å². The quantitative estimate of drug-likeness (QED) is 0.207. The van der Waals surface area contributed by atoms with E-state index in [1.54, 1.807) is 48.2 Å². The third-order valence-electron chi connectivity index (χ3n) is 7.95. The molecule has 1 fully saturated rings. The van der Waals surface area contributed by atoms with Crippen LogP contribution in [0.2, 0.25) is 15.1 Å². The molecule has 4 rings (SSSR count). The topological polar surface area (TPSA) is 86.8 Å². The van der Waals surface area contributed by atoms with Crippen LogP contribution in [0.15, 0.2) is 66.7 Å². The molecule has 0 heterocycles. The minimum atomic E-state index is -3.67. The summed E-state index contributed by atoms with van der Waals surface area (Å²) in [4.78, 5) is 29.6. The van der Waals surface area contributed by atoms with Crippen molar-refractivity contribution in [2.45, 2.75) is 70.5 Å². The maximum absolute atomic E-state index is 14.1. The third-order valence-corrected chi connectivity index (χ3v) is 10.1. The smallest absolute Gasteiger partial charge is 0.243 e. The van der Waals surface area contributed by atoms with Crippen molar-refractivity contribution in [3.05, 3.63) is 98.5 Å². The molecule has 2 amide bonds. The summed E-state index contributed by atoms with van der Waals surface area (Å²) < 4.78 is 26.9. The van der Waals surface area contributed by atoms with Gasteiger partial charge in [-0.1, -0.05) is 90.1 Å². The first-order valence-corrected chi connectivity index (χ1v) is 17.7. The maximum Gasteiger partial charge on any atom is 0.243 e. The second-order valence-electron chi connectivity index (χ2n) is 11.3. The Morgan fingerprint density at radius 3 is 2.25 bits per heavy atom.